The monoisotopic (exact) mass is 168 g/mol. The average molecular weight is 168 g/mol. The van der Waals surface area contributed by atoms with Crippen molar-refractivity contribution < 1.29 is 4.42 Å². The second kappa shape index (κ2) is 2.90. The van der Waals surface area contributed by atoms with Crippen LogP contribution in [0.5, 0.6) is 0 Å². The van der Waals surface area contributed by atoms with Gasteiger partial charge < -0.3 is 10.2 Å². The van der Waals surface area contributed by atoms with E-state index in [0.717, 1.165) is 17.3 Å². The molecule has 1 rings (SSSR count). The molecule has 68 valence electrons. The molecule has 0 aliphatic heterocycles. The SMILES string of the molecule is Cc1nc(C(C)(C)CN)oc1C. The normalized spacial score (nSPS) is 12.1. The predicted molar refractivity (Wildman–Crippen MR) is 48.1 cm³/mol. The van der Waals surface area contributed by atoms with Crippen LogP contribution in [0.4, 0.5) is 0 Å². The first-order chi connectivity index (χ1) is 5.47. The van der Waals surface area contributed by atoms with Crippen molar-refractivity contribution in [2.45, 2.75) is 33.1 Å². The minimum Gasteiger partial charge on any atom is -0.445 e. The molecule has 1 aromatic heterocycles. The summed E-state index contributed by atoms with van der Waals surface area (Å²) in [6, 6.07) is 0. The van der Waals surface area contributed by atoms with E-state index in [9.17, 15) is 0 Å². The van der Waals surface area contributed by atoms with Gasteiger partial charge >= 0.3 is 0 Å². The molecule has 0 aromatic carbocycles. The smallest absolute Gasteiger partial charge is 0.201 e. The van der Waals surface area contributed by atoms with Crippen LogP contribution in [0.1, 0.15) is 31.2 Å². The quantitative estimate of drug-likeness (QED) is 0.728. The van der Waals surface area contributed by atoms with Gasteiger partial charge in [-0.25, -0.2) is 4.98 Å². The first-order valence-electron chi connectivity index (χ1n) is 4.12. The van der Waals surface area contributed by atoms with Gasteiger partial charge in [0.15, 0.2) is 0 Å². The van der Waals surface area contributed by atoms with Crippen molar-refractivity contribution in [2.24, 2.45) is 5.73 Å². The molecule has 0 aliphatic rings. The van der Waals surface area contributed by atoms with Crippen molar-refractivity contribution in [1.29, 1.82) is 0 Å². The molecule has 0 atom stereocenters. The zero-order chi connectivity index (χ0) is 9.35. The summed E-state index contributed by atoms with van der Waals surface area (Å²) in [4.78, 5) is 4.31. The molecule has 0 unspecified atom stereocenters. The molecule has 2 N–H and O–H groups in total. The van der Waals surface area contributed by atoms with Crippen LogP contribution in [-0.2, 0) is 5.41 Å². The van der Waals surface area contributed by atoms with Crippen molar-refractivity contribution in [2.75, 3.05) is 6.54 Å². The lowest BCUT2D eigenvalue weighted by Crippen LogP contribution is -2.28. The summed E-state index contributed by atoms with van der Waals surface area (Å²) in [5.41, 5.74) is 6.39. The minimum absolute atomic E-state index is 0.154. The summed E-state index contributed by atoms with van der Waals surface area (Å²) in [7, 11) is 0. The summed E-state index contributed by atoms with van der Waals surface area (Å²) in [6.07, 6.45) is 0. The lowest BCUT2D eigenvalue weighted by atomic mass is 9.94. The highest BCUT2D eigenvalue weighted by Crippen LogP contribution is 2.22. The Morgan fingerprint density at radius 3 is 2.33 bits per heavy atom. The second-order valence-corrected chi connectivity index (χ2v) is 3.75. The molecule has 3 heteroatoms. The molecule has 0 saturated carbocycles. The van der Waals surface area contributed by atoms with Gasteiger partial charge in [-0.15, -0.1) is 0 Å². The number of aromatic nitrogens is 1. The number of hydrogen-bond donors (Lipinski definition) is 1. The van der Waals surface area contributed by atoms with Crippen molar-refractivity contribution in [3.63, 3.8) is 0 Å². The highest BCUT2D eigenvalue weighted by molar-refractivity contribution is 5.11. The average Bonchev–Trinajstić information content (AvgIpc) is 2.33. The summed E-state index contributed by atoms with van der Waals surface area (Å²) in [5.74, 6) is 1.62. The number of nitrogens with zero attached hydrogens (tertiary/aromatic N) is 1. The molecule has 0 aliphatic carbocycles. The number of oxazole rings is 1. The molecule has 0 saturated heterocycles. The Hall–Kier alpha value is -0.830. The van der Waals surface area contributed by atoms with Gasteiger partial charge in [-0.05, 0) is 27.7 Å². The van der Waals surface area contributed by atoms with E-state index in [1.165, 1.54) is 0 Å². The molecule has 3 nitrogen and oxygen atoms in total. The van der Waals surface area contributed by atoms with Gasteiger partial charge in [0.1, 0.15) is 5.76 Å². The Labute approximate surface area is 73.0 Å². The number of rotatable bonds is 2. The van der Waals surface area contributed by atoms with Gasteiger partial charge in [0, 0.05) is 6.54 Å². The van der Waals surface area contributed by atoms with E-state index in [1.54, 1.807) is 0 Å². The van der Waals surface area contributed by atoms with E-state index in [1.807, 2.05) is 27.7 Å². The topological polar surface area (TPSA) is 52.0 Å². The Morgan fingerprint density at radius 2 is 2.00 bits per heavy atom. The fraction of sp³-hybridized carbons (Fsp3) is 0.667. The van der Waals surface area contributed by atoms with E-state index in [-0.39, 0.29) is 5.41 Å². The van der Waals surface area contributed by atoms with E-state index in [2.05, 4.69) is 4.98 Å². The van der Waals surface area contributed by atoms with Gasteiger partial charge in [0.05, 0.1) is 11.1 Å². The number of aryl methyl sites for hydroxylation is 2. The predicted octanol–water partition coefficient (Wildman–Crippen LogP) is 1.53. The third-order valence-corrected chi connectivity index (χ3v) is 2.12. The molecule has 12 heavy (non-hydrogen) atoms. The molecule has 0 spiro atoms. The minimum atomic E-state index is -0.154. The summed E-state index contributed by atoms with van der Waals surface area (Å²) < 4.78 is 5.48. The van der Waals surface area contributed by atoms with Crippen molar-refractivity contribution >= 4 is 0 Å². The van der Waals surface area contributed by atoms with Crippen LogP contribution in [0, 0.1) is 13.8 Å². The van der Waals surface area contributed by atoms with Crippen LogP contribution in [0.3, 0.4) is 0 Å². The largest absolute Gasteiger partial charge is 0.445 e. The molecular weight excluding hydrogens is 152 g/mol. The van der Waals surface area contributed by atoms with Crippen LogP contribution in [0.15, 0.2) is 4.42 Å². The van der Waals surface area contributed by atoms with Crippen molar-refractivity contribution in [3.8, 4) is 0 Å². The Morgan fingerprint density at radius 1 is 1.42 bits per heavy atom. The Balaban J connectivity index is 3.04. The summed E-state index contributed by atoms with van der Waals surface area (Å²) in [5, 5.41) is 0. The van der Waals surface area contributed by atoms with E-state index in [4.69, 9.17) is 10.2 Å². The molecule has 0 amide bonds. The maximum Gasteiger partial charge on any atom is 0.201 e. The van der Waals surface area contributed by atoms with Gasteiger partial charge in [0.2, 0.25) is 5.89 Å². The van der Waals surface area contributed by atoms with E-state index >= 15 is 0 Å². The lowest BCUT2D eigenvalue weighted by molar-refractivity contribution is 0.365. The number of nitrogens with two attached hydrogens (primary N) is 1. The summed E-state index contributed by atoms with van der Waals surface area (Å²) >= 11 is 0. The summed E-state index contributed by atoms with van der Waals surface area (Å²) in [6.45, 7) is 8.45. The molecule has 1 aromatic rings. The van der Waals surface area contributed by atoms with Crippen molar-refractivity contribution in [3.05, 3.63) is 17.3 Å². The van der Waals surface area contributed by atoms with Crippen LogP contribution < -0.4 is 5.73 Å². The third-order valence-electron chi connectivity index (χ3n) is 2.12. The van der Waals surface area contributed by atoms with Crippen LogP contribution >= 0.6 is 0 Å². The lowest BCUT2D eigenvalue weighted by Gasteiger charge is -2.16. The van der Waals surface area contributed by atoms with Gasteiger partial charge in [-0.1, -0.05) is 0 Å². The van der Waals surface area contributed by atoms with Gasteiger partial charge in [-0.2, -0.15) is 0 Å². The molecule has 1 heterocycles. The Kier molecular flexibility index (Phi) is 2.24. The van der Waals surface area contributed by atoms with Gasteiger partial charge in [0.25, 0.3) is 0 Å². The van der Waals surface area contributed by atoms with Gasteiger partial charge in [-0.3, -0.25) is 0 Å². The Bertz CT molecular complexity index is 257. The fourth-order valence-electron chi connectivity index (χ4n) is 0.850. The molecular formula is C9H16N2O. The fourth-order valence-corrected chi connectivity index (χ4v) is 0.850. The van der Waals surface area contributed by atoms with Crippen LogP contribution in [0.2, 0.25) is 0 Å². The van der Waals surface area contributed by atoms with Crippen molar-refractivity contribution in [1.82, 2.24) is 4.98 Å². The standard InChI is InChI=1S/C9H16N2O/c1-6-7(2)12-8(11-6)9(3,4)5-10/h5,10H2,1-4H3. The molecule has 0 bridgehead atoms. The highest BCUT2D eigenvalue weighted by Gasteiger charge is 2.24. The molecule has 0 fully saturated rings. The first kappa shape index (κ1) is 9.26. The third kappa shape index (κ3) is 1.50. The second-order valence-electron chi connectivity index (χ2n) is 3.75. The maximum absolute atomic E-state index is 5.60. The van der Waals surface area contributed by atoms with Crippen LogP contribution in [0.25, 0.3) is 0 Å². The zero-order valence-corrected chi connectivity index (χ0v) is 8.14. The highest BCUT2D eigenvalue weighted by atomic mass is 16.4. The van der Waals surface area contributed by atoms with Crippen LogP contribution in [-0.4, -0.2) is 11.5 Å². The first-order valence-corrected chi connectivity index (χ1v) is 4.12. The van der Waals surface area contributed by atoms with E-state index in [0.29, 0.717) is 6.54 Å². The zero-order valence-electron chi connectivity index (χ0n) is 8.14. The van der Waals surface area contributed by atoms with E-state index < -0.39 is 0 Å². The number of hydrogen-bond acceptors (Lipinski definition) is 3. The maximum atomic E-state index is 5.60. The molecule has 0 radical (unpaired) electrons.